The van der Waals surface area contributed by atoms with E-state index in [1.165, 1.54) is 0 Å². The summed E-state index contributed by atoms with van der Waals surface area (Å²) in [6, 6.07) is 8.46. The van der Waals surface area contributed by atoms with Gasteiger partial charge in [-0.3, -0.25) is 14.4 Å². The minimum atomic E-state index is -1.28. The van der Waals surface area contributed by atoms with Crippen LogP contribution in [0.1, 0.15) is 12.0 Å². The highest BCUT2D eigenvalue weighted by Gasteiger charge is 2.24. The maximum absolute atomic E-state index is 12.0. The fourth-order valence-electron chi connectivity index (χ4n) is 1.86. The Morgan fingerprint density at radius 3 is 2.05 bits per heavy atom. The lowest BCUT2D eigenvalue weighted by atomic mass is 10.0. The molecule has 7 nitrogen and oxygen atoms in total. The van der Waals surface area contributed by atoms with Crippen molar-refractivity contribution >= 4 is 17.8 Å². The largest absolute Gasteiger partial charge is 0.480 e. The van der Waals surface area contributed by atoms with Crippen LogP contribution >= 0.6 is 0 Å². The molecule has 114 valence electrons. The first-order valence-electron chi connectivity index (χ1n) is 6.42. The van der Waals surface area contributed by atoms with E-state index in [2.05, 4.69) is 0 Å². The zero-order valence-corrected chi connectivity index (χ0v) is 11.4. The molecule has 0 aromatic heterocycles. The number of carboxylic acid groups (broad SMARTS) is 2. The highest BCUT2D eigenvalue weighted by Crippen LogP contribution is 2.06. The lowest BCUT2D eigenvalue weighted by Gasteiger charge is -2.22. The Labute approximate surface area is 122 Å². The quantitative estimate of drug-likeness (QED) is 0.618. The van der Waals surface area contributed by atoms with Crippen molar-refractivity contribution in [3.05, 3.63) is 35.9 Å². The summed E-state index contributed by atoms with van der Waals surface area (Å²) >= 11 is 0. The summed E-state index contributed by atoms with van der Waals surface area (Å²) in [6.07, 6.45) is 0.875. The van der Waals surface area contributed by atoms with Crippen LogP contribution in [0.25, 0.3) is 0 Å². The summed E-state index contributed by atoms with van der Waals surface area (Å²) in [7, 11) is 0. The van der Waals surface area contributed by atoms with Gasteiger partial charge < -0.3 is 20.8 Å². The number of carbonyl (C=O) groups excluding carboxylic acids is 1. The number of nitrogens with zero attached hydrogens (tertiary/aromatic N) is 1. The summed E-state index contributed by atoms with van der Waals surface area (Å²) in [5.41, 5.74) is 6.74. The second kappa shape index (κ2) is 8.01. The molecule has 0 fully saturated rings. The summed E-state index contributed by atoms with van der Waals surface area (Å²) in [4.78, 5) is 34.1. The van der Waals surface area contributed by atoms with Crippen LogP contribution in [0, 0.1) is 0 Å². The molecule has 1 rings (SSSR count). The Hall–Kier alpha value is -2.41. The normalized spacial score (nSPS) is 11.7. The van der Waals surface area contributed by atoms with Gasteiger partial charge in [0.15, 0.2) is 0 Å². The van der Waals surface area contributed by atoms with Crippen molar-refractivity contribution in [1.29, 1.82) is 0 Å². The first-order chi connectivity index (χ1) is 9.90. The van der Waals surface area contributed by atoms with E-state index in [9.17, 15) is 14.4 Å². The Morgan fingerprint density at radius 2 is 1.57 bits per heavy atom. The van der Waals surface area contributed by atoms with Crippen molar-refractivity contribution in [2.75, 3.05) is 13.1 Å². The molecule has 1 aromatic carbocycles. The van der Waals surface area contributed by atoms with Crippen LogP contribution < -0.4 is 5.73 Å². The van der Waals surface area contributed by atoms with E-state index in [4.69, 9.17) is 15.9 Å². The highest BCUT2D eigenvalue weighted by atomic mass is 16.4. The minimum absolute atomic E-state index is 0.318. The third kappa shape index (κ3) is 6.05. The number of aliphatic carboxylic acids is 2. The molecule has 0 bridgehead atoms. The standard InChI is InChI=1S/C14H18N2O5/c15-11(7-6-10-4-2-1-3-5-10)14(21)16(8-12(17)18)9-13(19)20/h1-5,11H,6-9,15H2,(H,17,18)(H,19,20). The minimum Gasteiger partial charge on any atom is -0.480 e. The molecule has 0 radical (unpaired) electrons. The molecule has 1 atom stereocenters. The second-order valence-corrected chi connectivity index (χ2v) is 4.61. The van der Waals surface area contributed by atoms with E-state index in [1.807, 2.05) is 30.3 Å². The third-order valence-electron chi connectivity index (χ3n) is 2.87. The number of rotatable bonds is 8. The average Bonchev–Trinajstić information content (AvgIpc) is 2.43. The predicted octanol–water partition coefficient (Wildman–Crippen LogP) is -0.0557. The Morgan fingerprint density at radius 1 is 1.05 bits per heavy atom. The monoisotopic (exact) mass is 294 g/mol. The van der Waals surface area contributed by atoms with E-state index in [-0.39, 0.29) is 0 Å². The third-order valence-corrected chi connectivity index (χ3v) is 2.87. The molecule has 4 N–H and O–H groups in total. The van der Waals surface area contributed by atoms with Gasteiger partial charge in [-0.1, -0.05) is 30.3 Å². The molecule has 0 heterocycles. The molecule has 0 aliphatic rings. The van der Waals surface area contributed by atoms with E-state index in [0.29, 0.717) is 12.8 Å². The number of carbonyl (C=O) groups is 3. The highest BCUT2D eigenvalue weighted by molar-refractivity contribution is 5.88. The molecule has 7 heteroatoms. The van der Waals surface area contributed by atoms with Crippen molar-refractivity contribution < 1.29 is 24.6 Å². The van der Waals surface area contributed by atoms with E-state index >= 15 is 0 Å². The number of hydrogen-bond acceptors (Lipinski definition) is 4. The van der Waals surface area contributed by atoms with Gasteiger partial charge in [0.2, 0.25) is 5.91 Å². The van der Waals surface area contributed by atoms with Crippen LogP contribution in [-0.4, -0.2) is 52.1 Å². The summed E-state index contributed by atoms with van der Waals surface area (Å²) in [5.74, 6) is -3.23. The molecule has 1 amide bonds. The van der Waals surface area contributed by atoms with Crippen LogP contribution in [0.4, 0.5) is 0 Å². The van der Waals surface area contributed by atoms with Gasteiger partial charge in [-0.25, -0.2) is 0 Å². The van der Waals surface area contributed by atoms with Gasteiger partial charge in [0, 0.05) is 0 Å². The fraction of sp³-hybridized carbons (Fsp3) is 0.357. The molecular weight excluding hydrogens is 276 g/mol. The number of benzene rings is 1. The fourth-order valence-corrected chi connectivity index (χ4v) is 1.86. The molecule has 0 aliphatic carbocycles. The summed E-state index contributed by atoms with van der Waals surface area (Å²) in [6.45, 7) is -1.35. The topological polar surface area (TPSA) is 121 Å². The molecule has 0 aliphatic heterocycles. The molecule has 21 heavy (non-hydrogen) atoms. The Balaban J connectivity index is 2.60. The average molecular weight is 294 g/mol. The van der Waals surface area contributed by atoms with Crippen molar-refractivity contribution in [2.24, 2.45) is 5.73 Å². The van der Waals surface area contributed by atoms with Gasteiger partial charge in [0.05, 0.1) is 6.04 Å². The molecule has 0 saturated carbocycles. The van der Waals surface area contributed by atoms with Crippen LogP contribution in [0.5, 0.6) is 0 Å². The lowest BCUT2D eigenvalue weighted by molar-refractivity contribution is -0.149. The van der Waals surface area contributed by atoms with Gasteiger partial charge in [-0.05, 0) is 18.4 Å². The van der Waals surface area contributed by atoms with Gasteiger partial charge >= 0.3 is 11.9 Å². The van der Waals surface area contributed by atoms with Crippen LogP contribution in [0.3, 0.4) is 0 Å². The van der Waals surface area contributed by atoms with Crippen molar-refractivity contribution in [3.63, 3.8) is 0 Å². The number of aryl methyl sites for hydroxylation is 1. The maximum Gasteiger partial charge on any atom is 0.323 e. The van der Waals surface area contributed by atoms with Gasteiger partial charge in [-0.15, -0.1) is 0 Å². The molecule has 1 aromatic rings. The number of nitrogens with two attached hydrogens (primary N) is 1. The predicted molar refractivity (Wildman–Crippen MR) is 74.6 cm³/mol. The summed E-state index contributed by atoms with van der Waals surface area (Å²) < 4.78 is 0. The number of carboxylic acids is 2. The van der Waals surface area contributed by atoms with Crippen molar-refractivity contribution in [2.45, 2.75) is 18.9 Å². The van der Waals surface area contributed by atoms with Crippen LogP contribution in [0.2, 0.25) is 0 Å². The molecule has 1 unspecified atom stereocenters. The van der Waals surface area contributed by atoms with Crippen molar-refractivity contribution in [3.8, 4) is 0 Å². The lowest BCUT2D eigenvalue weighted by Crippen LogP contribution is -2.48. The molecular formula is C14H18N2O5. The van der Waals surface area contributed by atoms with E-state index in [0.717, 1.165) is 10.5 Å². The SMILES string of the molecule is NC(CCc1ccccc1)C(=O)N(CC(=O)O)CC(=O)O. The van der Waals surface area contributed by atoms with E-state index in [1.54, 1.807) is 0 Å². The van der Waals surface area contributed by atoms with Gasteiger partial charge in [0.25, 0.3) is 0 Å². The maximum atomic E-state index is 12.0. The van der Waals surface area contributed by atoms with Crippen LogP contribution in [-0.2, 0) is 20.8 Å². The second-order valence-electron chi connectivity index (χ2n) is 4.61. The Kier molecular flexibility index (Phi) is 6.35. The first kappa shape index (κ1) is 16.6. The zero-order chi connectivity index (χ0) is 15.8. The summed E-state index contributed by atoms with van der Waals surface area (Å²) in [5, 5.41) is 17.4. The van der Waals surface area contributed by atoms with Gasteiger partial charge in [-0.2, -0.15) is 0 Å². The number of hydrogen-bond donors (Lipinski definition) is 3. The smallest absolute Gasteiger partial charge is 0.323 e. The first-order valence-corrected chi connectivity index (χ1v) is 6.42. The zero-order valence-electron chi connectivity index (χ0n) is 11.4. The van der Waals surface area contributed by atoms with E-state index < -0.39 is 37.0 Å². The van der Waals surface area contributed by atoms with Gasteiger partial charge in [0.1, 0.15) is 13.1 Å². The van der Waals surface area contributed by atoms with Crippen molar-refractivity contribution in [1.82, 2.24) is 4.90 Å². The molecule has 0 spiro atoms. The van der Waals surface area contributed by atoms with Crippen LogP contribution in [0.15, 0.2) is 30.3 Å². The Bertz CT molecular complexity index is 487. The molecule has 0 saturated heterocycles. The number of amides is 1.